The second-order valence-electron chi connectivity index (χ2n) is 4.26. The molecular weight excluding hydrogens is 306 g/mol. The molecule has 19 heavy (non-hydrogen) atoms. The molecule has 0 unspecified atom stereocenters. The van der Waals surface area contributed by atoms with Gasteiger partial charge in [0.05, 0.1) is 5.69 Å². The van der Waals surface area contributed by atoms with E-state index in [4.69, 9.17) is 5.73 Å². The number of benzene rings is 1. The molecule has 0 fully saturated rings. The third-order valence-corrected chi connectivity index (χ3v) is 3.33. The van der Waals surface area contributed by atoms with E-state index in [2.05, 4.69) is 21.2 Å². The minimum atomic E-state index is -0.112. The molecular formula is C14H16BrN3O. The molecule has 1 amide bonds. The predicted octanol–water partition coefficient (Wildman–Crippen LogP) is 2.78. The van der Waals surface area contributed by atoms with Gasteiger partial charge in [0, 0.05) is 23.8 Å². The quantitative estimate of drug-likeness (QED) is 0.909. The van der Waals surface area contributed by atoms with Crippen molar-refractivity contribution in [2.45, 2.75) is 20.0 Å². The van der Waals surface area contributed by atoms with Crippen molar-refractivity contribution < 1.29 is 4.79 Å². The van der Waals surface area contributed by atoms with Crippen LogP contribution in [0.5, 0.6) is 0 Å². The van der Waals surface area contributed by atoms with Crippen LogP contribution >= 0.6 is 15.9 Å². The molecule has 0 spiro atoms. The van der Waals surface area contributed by atoms with Crippen molar-refractivity contribution in [1.82, 2.24) is 9.88 Å². The number of nitrogens with one attached hydrogen (secondary N) is 1. The standard InChI is InChI=1S/C14H16BrN3O/c1-2-18-9-12(16)7-13(18)14(19)17-8-10-4-3-5-11(15)6-10/h3-7,9H,2,8,16H2,1H3,(H,17,19). The highest BCUT2D eigenvalue weighted by Gasteiger charge is 2.11. The monoisotopic (exact) mass is 321 g/mol. The summed E-state index contributed by atoms with van der Waals surface area (Å²) in [6.45, 7) is 3.19. The van der Waals surface area contributed by atoms with Crippen molar-refractivity contribution in [2.75, 3.05) is 5.73 Å². The van der Waals surface area contributed by atoms with Crippen molar-refractivity contribution in [3.63, 3.8) is 0 Å². The lowest BCUT2D eigenvalue weighted by atomic mass is 10.2. The van der Waals surface area contributed by atoms with Crippen molar-refractivity contribution in [2.24, 2.45) is 0 Å². The fourth-order valence-corrected chi connectivity index (χ4v) is 2.35. The van der Waals surface area contributed by atoms with Crippen LogP contribution in [0.3, 0.4) is 0 Å². The maximum absolute atomic E-state index is 12.1. The number of hydrogen-bond donors (Lipinski definition) is 2. The number of halogens is 1. The molecule has 0 atom stereocenters. The number of anilines is 1. The molecule has 1 aromatic carbocycles. The molecule has 0 aliphatic carbocycles. The molecule has 1 heterocycles. The molecule has 0 radical (unpaired) electrons. The van der Waals surface area contributed by atoms with E-state index in [1.54, 1.807) is 12.3 Å². The first kappa shape index (κ1) is 13.7. The number of nitrogens with zero attached hydrogens (tertiary/aromatic N) is 1. The number of amides is 1. The fourth-order valence-electron chi connectivity index (χ4n) is 1.90. The maximum Gasteiger partial charge on any atom is 0.268 e. The number of aromatic nitrogens is 1. The number of nitrogen functional groups attached to an aromatic ring is 1. The zero-order chi connectivity index (χ0) is 13.8. The van der Waals surface area contributed by atoms with Crippen LogP contribution in [0, 0.1) is 0 Å². The van der Waals surface area contributed by atoms with Gasteiger partial charge in [0.2, 0.25) is 0 Å². The maximum atomic E-state index is 12.1. The van der Waals surface area contributed by atoms with E-state index in [9.17, 15) is 4.79 Å². The molecule has 100 valence electrons. The summed E-state index contributed by atoms with van der Waals surface area (Å²) >= 11 is 3.41. The Bertz CT molecular complexity index is 592. The summed E-state index contributed by atoms with van der Waals surface area (Å²) in [4.78, 5) is 12.1. The topological polar surface area (TPSA) is 60.0 Å². The third-order valence-electron chi connectivity index (χ3n) is 2.83. The van der Waals surface area contributed by atoms with Gasteiger partial charge in [0.1, 0.15) is 5.69 Å². The van der Waals surface area contributed by atoms with Gasteiger partial charge in [-0.3, -0.25) is 4.79 Å². The van der Waals surface area contributed by atoms with E-state index in [0.717, 1.165) is 16.6 Å². The molecule has 1 aromatic heterocycles. The first-order chi connectivity index (χ1) is 9.10. The van der Waals surface area contributed by atoms with Crippen molar-refractivity contribution in [1.29, 1.82) is 0 Å². The SMILES string of the molecule is CCn1cc(N)cc1C(=O)NCc1cccc(Br)c1. The molecule has 2 aromatic rings. The van der Waals surface area contributed by atoms with E-state index in [0.29, 0.717) is 17.9 Å². The minimum absolute atomic E-state index is 0.112. The van der Waals surface area contributed by atoms with Gasteiger partial charge in [-0.2, -0.15) is 0 Å². The smallest absolute Gasteiger partial charge is 0.268 e. The van der Waals surface area contributed by atoms with Crippen LogP contribution in [0.2, 0.25) is 0 Å². The van der Waals surface area contributed by atoms with Gasteiger partial charge >= 0.3 is 0 Å². The Hall–Kier alpha value is -1.75. The Balaban J connectivity index is 2.05. The molecule has 2 rings (SSSR count). The van der Waals surface area contributed by atoms with Crippen molar-refractivity contribution in [3.05, 3.63) is 52.3 Å². The predicted molar refractivity (Wildman–Crippen MR) is 79.8 cm³/mol. The summed E-state index contributed by atoms with van der Waals surface area (Å²) in [7, 11) is 0. The van der Waals surface area contributed by atoms with Crippen LogP contribution < -0.4 is 11.1 Å². The van der Waals surface area contributed by atoms with Gasteiger partial charge in [0.15, 0.2) is 0 Å². The summed E-state index contributed by atoms with van der Waals surface area (Å²) in [5, 5.41) is 2.89. The van der Waals surface area contributed by atoms with Gasteiger partial charge in [0.25, 0.3) is 5.91 Å². The average molecular weight is 322 g/mol. The summed E-state index contributed by atoms with van der Waals surface area (Å²) in [6, 6.07) is 9.54. The normalized spacial score (nSPS) is 10.4. The summed E-state index contributed by atoms with van der Waals surface area (Å²) < 4.78 is 2.84. The van der Waals surface area contributed by atoms with Gasteiger partial charge in [-0.1, -0.05) is 28.1 Å². The number of carbonyl (C=O) groups is 1. The Kier molecular flexibility index (Phi) is 4.27. The summed E-state index contributed by atoms with van der Waals surface area (Å²) in [5.74, 6) is -0.112. The van der Waals surface area contributed by atoms with Gasteiger partial charge in [-0.05, 0) is 30.7 Å². The second kappa shape index (κ2) is 5.93. The zero-order valence-electron chi connectivity index (χ0n) is 10.7. The zero-order valence-corrected chi connectivity index (χ0v) is 12.3. The number of hydrogen-bond acceptors (Lipinski definition) is 2. The lowest BCUT2D eigenvalue weighted by Gasteiger charge is -2.08. The summed E-state index contributed by atoms with van der Waals surface area (Å²) in [6.07, 6.45) is 1.77. The van der Waals surface area contributed by atoms with Crippen LogP contribution in [0.4, 0.5) is 5.69 Å². The Morgan fingerprint density at radius 3 is 2.89 bits per heavy atom. The number of carbonyl (C=O) groups excluding carboxylic acids is 1. The lowest BCUT2D eigenvalue weighted by molar-refractivity contribution is 0.0942. The molecule has 5 heteroatoms. The van der Waals surface area contributed by atoms with E-state index >= 15 is 0 Å². The third kappa shape index (κ3) is 3.38. The van der Waals surface area contributed by atoms with E-state index < -0.39 is 0 Å². The van der Waals surface area contributed by atoms with Gasteiger partial charge < -0.3 is 15.6 Å². The molecule has 4 nitrogen and oxygen atoms in total. The summed E-state index contributed by atoms with van der Waals surface area (Å²) in [5.41, 5.74) is 7.96. The number of rotatable bonds is 4. The van der Waals surface area contributed by atoms with E-state index in [1.165, 1.54) is 0 Å². The van der Waals surface area contributed by atoms with Crippen LogP contribution in [-0.2, 0) is 13.1 Å². The molecule has 0 aliphatic heterocycles. The van der Waals surface area contributed by atoms with Crippen molar-refractivity contribution in [3.8, 4) is 0 Å². The largest absolute Gasteiger partial charge is 0.397 e. The second-order valence-corrected chi connectivity index (χ2v) is 5.17. The first-order valence-electron chi connectivity index (χ1n) is 6.08. The molecule has 3 N–H and O–H groups in total. The Labute approximate surface area is 120 Å². The van der Waals surface area contributed by atoms with Gasteiger partial charge in [-0.15, -0.1) is 0 Å². The lowest BCUT2D eigenvalue weighted by Crippen LogP contribution is -2.25. The van der Waals surface area contributed by atoms with Crippen LogP contribution in [0.25, 0.3) is 0 Å². The molecule has 0 aliphatic rings. The van der Waals surface area contributed by atoms with E-state index in [1.807, 2.05) is 35.8 Å². The number of aryl methyl sites for hydroxylation is 1. The van der Waals surface area contributed by atoms with Crippen molar-refractivity contribution >= 4 is 27.5 Å². The Morgan fingerprint density at radius 2 is 2.21 bits per heavy atom. The first-order valence-corrected chi connectivity index (χ1v) is 6.87. The molecule has 0 saturated carbocycles. The fraction of sp³-hybridized carbons (Fsp3) is 0.214. The molecule has 0 saturated heterocycles. The molecule has 0 bridgehead atoms. The highest BCUT2D eigenvalue weighted by atomic mass is 79.9. The average Bonchev–Trinajstić information content (AvgIpc) is 2.77. The minimum Gasteiger partial charge on any atom is -0.397 e. The van der Waals surface area contributed by atoms with Crippen LogP contribution in [0.15, 0.2) is 41.0 Å². The van der Waals surface area contributed by atoms with Crippen LogP contribution in [0.1, 0.15) is 23.0 Å². The van der Waals surface area contributed by atoms with E-state index in [-0.39, 0.29) is 5.91 Å². The Morgan fingerprint density at radius 1 is 1.42 bits per heavy atom. The van der Waals surface area contributed by atoms with Crippen LogP contribution in [-0.4, -0.2) is 10.5 Å². The number of nitrogens with two attached hydrogens (primary N) is 1. The van der Waals surface area contributed by atoms with Gasteiger partial charge in [-0.25, -0.2) is 0 Å². The highest BCUT2D eigenvalue weighted by Crippen LogP contribution is 2.13. The highest BCUT2D eigenvalue weighted by molar-refractivity contribution is 9.10.